The van der Waals surface area contributed by atoms with Crippen molar-refractivity contribution in [2.75, 3.05) is 18.1 Å². The summed E-state index contributed by atoms with van der Waals surface area (Å²) in [7, 11) is 0. The van der Waals surface area contributed by atoms with Gasteiger partial charge in [0.05, 0.1) is 18.2 Å². The standard InChI is InChI=1S/C12H15NOS/c1-3-15-7-6-14-12-8-11(9-13)5-4-10(12)2/h4-5,8H,3,6-7H2,1-2H3. The van der Waals surface area contributed by atoms with Gasteiger partial charge in [-0.1, -0.05) is 13.0 Å². The summed E-state index contributed by atoms with van der Waals surface area (Å²) in [4.78, 5) is 0. The second-order valence-corrected chi connectivity index (χ2v) is 4.53. The fraction of sp³-hybridized carbons (Fsp3) is 0.417. The quantitative estimate of drug-likeness (QED) is 0.717. The van der Waals surface area contributed by atoms with Crippen LogP contribution in [0.2, 0.25) is 0 Å². The van der Waals surface area contributed by atoms with Crippen molar-refractivity contribution in [2.24, 2.45) is 0 Å². The Kier molecular flexibility index (Phi) is 5.06. The summed E-state index contributed by atoms with van der Waals surface area (Å²) in [6.07, 6.45) is 0. The molecule has 0 atom stereocenters. The number of nitriles is 1. The minimum atomic E-state index is 0.652. The zero-order valence-electron chi connectivity index (χ0n) is 9.12. The van der Waals surface area contributed by atoms with Crippen LogP contribution in [0.15, 0.2) is 18.2 Å². The van der Waals surface area contributed by atoms with Crippen LogP contribution in [0.5, 0.6) is 5.75 Å². The van der Waals surface area contributed by atoms with Gasteiger partial charge in [-0.25, -0.2) is 0 Å². The lowest BCUT2D eigenvalue weighted by atomic mass is 10.1. The summed E-state index contributed by atoms with van der Waals surface area (Å²) in [5.41, 5.74) is 1.73. The summed E-state index contributed by atoms with van der Waals surface area (Å²) in [6, 6.07) is 7.63. The molecule has 0 heterocycles. The predicted octanol–water partition coefficient (Wildman–Crippen LogP) is 3.00. The first-order valence-corrected chi connectivity index (χ1v) is 6.14. The average Bonchev–Trinajstić information content (AvgIpc) is 2.26. The molecule has 2 nitrogen and oxygen atoms in total. The molecule has 0 aliphatic carbocycles. The van der Waals surface area contributed by atoms with Gasteiger partial charge in [-0.05, 0) is 30.4 Å². The fourth-order valence-electron chi connectivity index (χ4n) is 1.18. The molecule has 0 fully saturated rings. The number of thioether (sulfide) groups is 1. The molecule has 0 unspecified atom stereocenters. The van der Waals surface area contributed by atoms with Crippen molar-refractivity contribution in [2.45, 2.75) is 13.8 Å². The van der Waals surface area contributed by atoms with Gasteiger partial charge in [-0.15, -0.1) is 0 Å². The first kappa shape index (κ1) is 11.9. The highest BCUT2D eigenvalue weighted by atomic mass is 32.2. The van der Waals surface area contributed by atoms with Crippen molar-refractivity contribution < 1.29 is 4.74 Å². The Morgan fingerprint density at radius 1 is 1.47 bits per heavy atom. The summed E-state index contributed by atoms with van der Waals surface area (Å²) in [6.45, 7) is 4.82. The van der Waals surface area contributed by atoms with Gasteiger partial charge in [0.2, 0.25) is 0 Å². The molecular formula is C12H15NOS. The molecule has 80 valence electrons. The van der Waals surface area contributed by atoms with Crippen LogP contribution in [0.1, 0.15) is 18.1 Å². The van der Waals surface area contributed by atoms with Gasteiger partial charge >= 0.3 is 0 Å². The predicted molar refractivity (Wildman–Crippen MR) is 64.4 cm³/mol. The van der Waals surface area contributed by atoms with E-state index in [-0.39, 0.29) is 0 Å². The first-order chi connectivity index (χ1) is 7.27. The summed E-state index contributed by atoms with van der Waals surface area (Å²) < 4.78 is 5.61. The Labute approximate surface area is 95.3 Å². The van der Waals surface area contributed by atoms with Gasteiger partial charge < -0.3 is 4.74 Å². The summed E-state index contributed by atoms with van der Waals surface area (Å²) in [5.74, 6) is 2.93. The van der Waals surface area contributed by atoms with Gasteiger partial charge in [0.1, 0.15) is 5.75 Å². The molecular weight excluding hydrogens is 206 g/mol. The topological polar surface area (TPSA) is 33.0 Å². The number of hydrogen-bond acceptors (Lipinski definition) is 3. The van der Waals surface area contributed by atoms with Crippen molar-refractivity contribution in [1.29, 1.82) is 5.26 Å². The van der Waals surface area contributed by atoms with E-state index in [0.29, 0.717) is 12.2 Å². The molecule has 0 aliphatic heterocycles. The van der Waals surface area contributed by atoms with Gasteiger partial charge in [-0.3, -0.25) is 0 Å². The van der Waals surface area contributed by atoms with E-state index >= 15 is 0 Å². The molecule has 0 N–H and O–H groups in total. The number of rotatable bonds is 5. The highest BCUT2D eigenvalue weighted by Gasteiger charge is 2.00. The Balaban J connectivity index is 2.56. The zero-order chi connectivity index (χ0) is 11.1. The maximum Gasteiger partial charge on any atom is 0.123 e. The molecule has 0 aliphatic rings. The number of aryl methyl sites for hydroxylation is 1. The molecule has 0 bridgehead atoms. The van der Waals surface area contributed by atoms with Crippen LogP contribution in [-0.2, 0) is 0 Å². The minimum absolute atomic E-state index is 0.652. The van der Waals surface area contributed by atoms with Crippen molar-refractivity contribution in [3.8, 4) is 11.8 Å². The molecule has 1 rings (SSSR count). The second-order valence-electron chi connectivity index (χ2n) is 3.14. The van der Waals surface area contributed by atoms with E-state index in [1.165, 1.54) is 0 Å². The second kappa shape index (κ2) is 6.36. The van der Waals surface area contributed by atoms with E-state index < -0.39 is 0 Å². The number of hydrogen-bond donors (Lipinski definition) is 0. The third-order valence-corrected chi connectivity index (χ3v) is 2.87. The van der Waals surface area contributed by atoms with Crippen LogP contribution in [0, 0.1) is 18.3 Å². The van der Waals surface area contributed by atoms with Crippen molar-refractivity contribution in [3.63, 3.8) is 0 Å². The lowest BCUT2D eigenvalue weighted by Gasteiger charge is -2.08. The molecule has 0 saturated heterocycles. The van der Waals surface area contributed by atoms with Crippen molar-refractivity contribution in [1.82, 2.24) is 0 Å². The van der Waals surface area contributed by atoms with Crippen LogP contribution in [0.3, 0.4) is 0 Å². The SMILES string of the molecule is CCSCCOc1cc(C#N)ccc1C. The van der Waals surface area contributed by atoms with Gasteiger partial charge in [0.25, 0.3) is 0 Å². The van der Waals surface area contributed by atoms with E-state index in [9.17, 15) is 0 Å². The monoisotopic (exact) mass is 221 g/mol. The summed E-state index contributed by atoms with van der Waals surface area (Å²) in [5, 5.41) is 8.75. The largest absolute Gasteiger partial charge is 0.492 e. The minimum Gasteiger partial charge on any atom is -0.492 e. The third-order valence-electron chi connectivity index (χ3n) is 2.01. The van der Waals surface area contributed by atoms with Crippen LogP contribution < -0.4 is 4.74 Å². The molecule has 0 amide bonds. The van der Waals surface area contributed by atoms with E-state index in [0.717, 1.165) is 22.8 Å². The molecule has 1 aromatic carbocycles. The van der Waals surface area contributed by atoms with Crippen LogP contribution in [0.4, 0.5) is 0 Å². The fourth-order valence-corrected chi connectivity index (χ4v) is 1.67. The normalized spacial score (nSPS) is 9.67. The van der Waals surface area contributed by atoms with E-state index in [1.807, 2.05) is 30.8 Å². The lowest BCUT2D eigenvalue weighted by molar-refractivity contribution is 0.341. The molecule has 0 saturated carbocycles. The molecule has 0 spiro atoms. The van der Waals surface area contributed by atoms with Crippen LogP contribution in [0.25, 0.3) is 0 Å². The van der Waals surface area contributed by atoms with E-state index in [2.05, 4.69) is 13.0 Å². The zero-order valence-corrected chi connectivity index (χ0v) is 9.93. The Bertz CT molecular complexity index is 357. The third kappa shape index (κ3) is 3.85. The molecule has 3 heteroatoms. The number of benzene rings is 1. The van der Waals surface area contributed by atoms with Crippen molar-refractivity contribution in [3.05, 3.63) is 29.3 Å². The van der Waals surface area contributed by atoms with Crippen LogP contribution >= 0.6 is 11.8 Å². The maximum atomic E-state index is 8.75. The summed E-state index contributed by atoms with van der Waals surface area (Å²) >= 11 is 1.85. The highest BCUT2D eigenvalue weighted by Crippen LogP contribution is 2.19. The van der Waals surface area contributed by atoms with E-state index in [4.69, 9.17) is 10.00 Å². The van der Waals surface area contributed by atoms with Gasteiger partial charge in [-0.2, -0.15) is 17.0 Å². The Morgan fingerprint density at radius 3 is 2.93 bits per heavy atom. The molecule has 15 heavy (non-hydrogen) atoms. The number of nitrogens with zero attached hydrogens (tertiary/aromatic N) is 1. The van der Waals surface area contributed by atoms with Gasteiger partial charge in [0.15, 0.2) is 0 Å². The first-order valence-electron chi connectivity index (χ1n) is 4.99. The molecule has 0 aromatic heterocycles. The molecule has 0 radical (unpaired) electrons. The van der Waals surface area contributed by atoms with Gasteiger partial charge in [0, 0.05) is 5.75 Å². The number of ether oxygens (including phenoxy) is 1. The van der Waals surface area contributed by atoms with E-state index in [1.54, 1.807) is 6.07 Å². The Hall–Kier alpha value is -1.14. The van der Waals surface area contributed by atoms with Crippen LogP contribution in [-0.4, -0.2) is 18.1 Å². The molecule has 1 aromatic rings. The smallest absolute Gasteiger partial charge is 0.123 e. The Morgan fingerprint density at radius 2 is 2.27 bits per heavy atom. The average molecular weight is 221 g/mol. The maximum absolute atomic E-state index is 8.75. The van der Waals surface area contributed by atoms with Crippen molar-refractivity contribution >= 4 is 11.8 Å². The lowest BCUT2D eigenvalue weighted by Crippen LogP contribution is -2.01. The highest BCUT2D eigenvalue weighted by molar-refractivity contribution is 7.99.